The predicted octanol–water partition coefficient (Wildman–Crippen LogP) is 0.616. The molecule has 0 unspecified atom stereocenters. The second kappa shape index (κ2) is 4.97. The van der Waals surface area contributed by atoms with Gasteiger partial charge in [-0.2, -0.15) is 5.10 Å². The van der Waals surface area contributed by atoms with Crippen molar-refractivity contribution in [1.82, 2.24) is 15.5 Å². The first-order valence-electron chi connectivity index (χ1n) is 6.30. The predicted molar refractivity (Wildman–Crippen MR) is 68.2 cm³/mol. The zero-order valence-electron chi connectivity index (χ0n) is 10.7. The minimum atomic E-state index is -0.330. The maximum Gasteiger partial charge on any atom is 0.274 e. The van der Waals surface area contributed by atoms with Crippen molar-refractivity contribution in [3.63, 3.8) is 0 Å². The van der Waals surface area contributed by atoms with Crippen LogP contribution in [0.5, 0.6) is 0 Å². The second-order valence-electron chi connectivity index (χ2n) is 5.18. The Morgan fingerprint density at radius 3 is 2.78 bits per heavy atom. The molecule has 2 rings (SSSR count). The molecule has 6 nitrogen and oxygen atoms in total. The van der Waals surface area contributed by atoms with Gasteiger partial charge >= 0.3 is 0 Å². The molecule has 1 aromatic heterocycles. The van der Waals surface area contributed by atoms with Crippen molar-refractivity contribution in [1.29, 1.82) is 0 Å². The monoisotopic (exact) mass is 252 g/mol. The molecule has 1 atom stereocenters. The number of hydrogen-bond acceptors (Lipinski definition) is 4. The van der Waals surface area contributed by atoms with Crippen molar-refractivity contribution >= 4 is 11.6 Å². The minimum absolute atomic E-state index is 0.0940. The molecule has 5 N–H and O–H groups in total. The summed E-state index contributed by atoms with van der Waals surface area (Å²) < 4.78 is 0. The number of anilines is 1. The van der Waals surface area contributed by atoms with Crippen LogP contribution in [0.4, 0.5) is 5.69 Å². The van der Waals surface area contributed by atoms with Crippen molar-refractivity contribution in [2.24, 2.45) is 5.92 Å². The molecule has 1 aliphatic carbocycles. The summed E-state index contributed by atoms with van der Waals surface area (Å²) in [5, 5.41) is 18.8. The number of nitrogen functional groups attached to an aromatic ring is 1. The number of aromatic amines is 1. The molecule has 100 valence electrons. The molecule has 0 bridgehead atoms. The maximum absolute atomic E-state index is 12.0. The van der Waals surface area contributed by atoms with E-state index < -0.39 is 0 Å². The van der Waals surface area contributed by atoms with Crippen molar-refractivity contribution < 1.29 is 9.90 Å². The van der Waals surface area contributed by atoms with Gasteiger partial charge in [-0.25, -0.2) is 0 Å². The molecule has 0 aliphatic heterocycles. The van der Waals surface area contributed by atoms with Gasteiger partial charge in [0, 0.05) is 5.92 Å². The van der Waals surface area contributed by atoms with Gasteiger partial charge < -0.3 is 16.2 Å². The van der Waals surface area contributed by atoms with Gasteiger partial charge in [-0.05, 0) is 18.8 Å². The fourth-order valence-electron chi connectivity index (χ4n) is 1.88. The summed E-state index contributed by atoms with van der Waals surface area (Å²) in [4.78, 5) is 12.0. The van der Waals surface area contributed by atoms with Gasteiger partial charge in [0.1, 0.15) is 0 Å². The summed E-state index contributed by atoms with van der Waals surface area (Å²) in [5.41, 5.74) is 7.46. The number of nitrogens with zero attached hydrogens (tertiary/aromatic N) is 1. The first kappa shape index (κ1) is 12.9. The number of rotatable bonds is 5. The standard InChI is InChI=1S/C12H20N4O2/c1-6(2)8(5-17)14-12(18)11-9(13)10(15-16-11)7-3-4-7/h6-8,17H,3-5,13H2,1-2H3,(H,14,18)(H,15,16)/t8-/m1/s1. The lowest BCUT2D eigenvalue weighted by atomic mass is 10.1. The fourth-order valence-corrected chi connectivity index (χ4v) is 1.88. The Balaban J connectivity index is 2.08. The zero-order valence-corrected chi connectivity index (χ0v) is 10.7. The Labute approximate surface area is 106 Å². The van der Waals surface area contributed by atoms with E-state index in [9.17, 15) is 9.90 Å². The van der Waals surface area contributed by atoms with Crippen LogP contribution in [0.15, 0.2) is 0 Å². The number of aliphatic hydroxyl groups excluding tert-OH is 1. The highest BCUT2D eigenvalue weighted by molar-refractivity contribution is 5.97. The van der Waals surface area contributed by atoms with Crippen LogP contribution in [-0.4, -0.2) is 33.9 Å². The van der Waals surface area contributed by atoms with Gasteiger partial charge in [-0.15, -0.1) is 0 Å². The van der Waals surface area contributed by atoms with Crippen LogP contribution in [0.2, 0.25) is 0 Å². The summed E-state index contributed by atoms with van der Waals surface area (Å²) in [5.74, 6) is 0.253. The normalized spacial score (nSPS) is 16.9. The number of aromatic nitrogens is 2. The lowest BCUT2D eigenvalue weighted by Crippen LogP contribution is -2.41. The highest BCUT2D eigenvalue weighted by Gasteiger charge is 2.30. The van der Waals surface area contributed by atoms with E-state index in [1.54, 1.807) is 0 Å². The third kappa shape index (κ3) is 2.48. The highest BCUT2D eigenvalue weighted by Crippen LogP contribution is 2.42. The summed E-state index contributed by atoms with van der Waals surface area (Å²) in [6.07, 6.45) is 2.19. The number of amides is 1. The number of hydrogen-bond donors (Lipinski definition) is 4. The number of aliphatic hydroxyl groups is 1. The van der Waals surface area contributed by atoms with E-state index in [-0.39, 0.29) is 30.2 Å². The Hall–Kier alpha value is -1.56. The molecule has 18 heavy (non-hydrogen) atoms. The molecule has 1 aromatic rings. The van der Waals surface area contributed by atoms with Crippen LogP contribution in [0.25, 0.3) is 0 Å². The van der Waals surface area contributed by atoms with Gasteiger partial charge in [0.05, 0.1) is 24.0 Å². The number of nitrogens with one attached hydrogen (secondary N) is 2. The third-order valence-electron chi connectivity index (χ3n) is 3.35. The second-order valence-corrected chi connectivity index (χ2v) is 5.18. The Kier molecular flexibility index (Phi) is 3.56. The first-order valence-corrected chi connectivity index (χ1v) is 6.30. The average Bonchev–Trinajstić information content (AvgIpc) is 3.09. The lowest BCUT2D eigenvalue weighted by molar-refractivity contribution is 0.0892. The molecular formula is C12H20N4O2. The Bertz CT molecular complexity index is 437. The Morgan fingerprint density at radius 1 is 1.61 bits per heavy atom. The third-order valence-corrected chi connectivity index (χ3v) is 3.35. The van der Waals surface area contributed by atoms with Crippen LogP contribution in [-0.2, 0) is 0 Å². The van der Waals surface area contributed by atoms with E-state index in [1.165, 1.54) is 0 Å². The molecule has 6 heteroatoms. The topological polar surface area (TPSA) is 104 Å². The number of carbonyl (C=O) groups is 1. The average molecular weight is 252 g/mol. The quantitative estimate of drug-likeness (QED) is 0.616. The molecule has 0 radical (unpaired) electrons. The van der Waals surface area contributed by atoms with E-state index in [0.29, 0.717) is 11.6 Å². The van der Waals surface area contributed by atoms with Crippen molar-refractivity contribution in [3.8, 4) is 0 Å². The number of H-pyrrole nitrogens is 1. The first-order chi connectivity index (χ1) is 8.54. The van der Waals surface area contributed by atoms with Crippen molar-refractivity contribution in [2.45, 2.75) is 38.6 Å². The van der Waals surface area contributed by atoms with Gasteiger partial charge in [0.2, 0.25) is 0 Å². The van der Waals surface area contributed by atoms with Crippen LogP contribution in [0, 0.1) is 5.92 Å². The van der Waals surface area contributed by atoms with Gasteiger partial charge in [-0.3, -0.25) is 9.89 Å². The van der Waals surface area contributed by atoms with E-state index in [1.807, 2.05) is 13.8 Å². The minimum Gasteiger partial charge on any atom is -0.395 e. The molecule has 0 aromatic carbocycles. The summed E-state index contributed by atoms with van der Waals surface area (Å²) >= 11 is 0. The lowest BCUT2D eigenvalue weighted by Gasteiger charge is -2.19. The summed E-state index contributed by atoms with van der Waals surface area (Å²) in [7, 11) is 0. The molecule has 1 fully saturated rings. The smallest absolute Gasteiger partial charge is 0.274 e. The fraction of sp³-hybridized carbons (Fsp3) is 0.667. The van der Waals surface area contributed by atoms with Crippen LogP contribution in [0.3, 0.4) is 0 Å². The van der Waals surface area contributed by atoms with Gasteiger partial charge in [0.25, 0.3) is 5.91 Å². The number of carbonyl (C=O) groups excluding carboxylic acids is 1. The van der Waals surface area contributed by atoms with Crippen molar-refractivity contribution in [3.05, 3.63) is 11.4 Å². The number of nitrogens with two attached hydrogens (primary N) is 1. The van der Waals surface area contributed by atoms with E-state index in [4.69, 9.17) is 5.73 Å². The van der Waals surface area contributed by atoms with E-state index in [2.05, 4.69) is 15.5 Å². The summed E-state index contributed by atoms with van der Waals surface area (Å²) in [6.45, 7) is 3.78. The maximum atomic E-state index is 12.0. The van der Waals surface area contributed by atoms with Gasteiger partial charge in [-0.1, -0.05) is 13.8 Å². The summed E-state index contributed by atoms with van der Waals surface area (Å²) in [6, 6.07) is -0.280. The highest BCUT2D eigenvalue weighted by atomic mass is 16.3. The molecule has 1 amide bonds. The van der Waals surface area contributed by atoms with E-state index >= 15 is 0 Å². The molecule has 1 heterocycles. The molecular weight excluding hydrogens is 232 g/mol. The van der Waals surface area contributed by atoms with Crippen molar-refractivity contribution in [2.75, 3.05) is 12.3 Å². The van der Waals surface area contributed by atoms with E-state index in [0.717, 1.165) is 18.5 Å². The molecule has 0 saturated heterocycles. The van der Waals surface area contributed by atoms with Crippen LogP contribution < -0.4 is 11.1 Å². The largest absolute Gasteiger partial charge is 0.395 e. The van der Waals surface area contributed by atoms with Crippen LogP contribution >= 0.6 is 0 Å². The molecule has 0 spiro atoms. The van der Waals surface area contributed by atoms with Crippen LogP contribution in [0.1, 0.15) is 48.8 Å². The zero-order chi connectivity index (χ0) is 13.3. The SMILES string of the molecule is CC(C)[C@@H](CO)NC(=O)c1n[nH]c(C2CC2)c1N. The Morgan fingerprint density at radius 2 is 2.28 bits per heavy atom. The van der Waals surface area contributed by atoms with Gasteiger partial charge in [0.15, 0.2) is 5.69 Å². The molecule has 1 aliphatic rings. The molecule has 1 saturated carbocycles.